The van der Waals surface area contributed by atoms with Gasteiger partial charge in [-0.25, -0.2) is 4.68 Å². The number of nitrogens with zero attached hydrogens (tertiary/aromatic N) is 2. The van der Waals surface area contributed by atoms with Gasteiger partial charge in [0.25, 0.3) is 5.56 Å². The van der Waals surface area contributed by atoms with E-state index in [0.29, 0.717) is 18.2 Å². The summed E-state index contributed by atoms with van der Waals surface area (Å²) in [4.78, 5) is 12.0. The predicted molar refractivity (Wildman–Crippen MR) is 77.7 cm³/mol. The second-order valence-corrected chi connectivity index (χ2v) is 5.72. The average Bonchev–Trinajstić information content (AvgIpc) is 2.36. The standard InChI is InChI=1S/C13H22ClN3O2/c1-8(2)6-17-13(19)12(14)11(5-15-17)16-10(4)9(3)7-18/h5,8-10,16,18H,6-7H2,1-4H3. The van der Waals surface area contributed by atoms with Crippen molar-refractivity contribution in [1.82, 2.24) is 9.78 Å². The van der Waals surface area contributed by atoms with Gasteiger partial charge in [-0.1, -0.05) is 32.4 Å². The minimum atomic E-state index is -0.288. The summed E-state index contributed by atoms with van der Waals surface area (Å²) in [6.07, 6.45) is 1.56. The molecule has 2 unspecified atom stereocenters. The molecule has 0 spiro atoms. The largest absolute Gasteiger partial charge is 0.396 e. The van der Waals surface area contributed by atoms with E-state index in [2.05, 4.69) is 10.4 Å². The van der Waals surface area contributed by atoms with Gasteiger partial charge in [-0.3, -0.25) is 4.79 Å². The van der Waals surface area contributed by atoms with Crippen molar-refractivity contribution in [2.24, 2.45) is 11.8 Å². The second-order valence-electron chi connectivity index (χ2n) is 5.35. The molecule has 108 valence electrons. The highest BCUT2D eigenvalue weighted by atomic mass is 35.5. The topological polar surface area (TPSA) is 67.2 Å². The zero-order chi connectivity index (χ0) is 14.6. The number of rotatable bonds is 6. The Morgan fingerprint density at radius 3 is 2.58 bits per heavy atom. The van der Waals surface area contributed by atoms with Crippen LogP contribution in [-0.4, -0.2) is 27.5 Å². The van der Waals surface area contributed by atoms with Gasteiger partial charge in [0, 0.05) is 19.2 Å². The number of aromatic nitrogens is 2. The number of anilines is 1. The molecular formula is C13H22ClN3O2. The monoisotopic (exact) mass is 287 g/mol. The maximum Gasteiger partial charge on any atom is 0.287 e. The minimum Gasteiger partial charge on any atom is -0.396 e. The van der Waals surface area contributed by atoms with E-state index in [1.807, 2.05) is 27.7 Å². The summed E-state index contributed by atoms with van der Waals surface area (Å²) in [5.74, 6) is 0.391. The molecule has 0 amide bonds. The molecule has 2 N–H and O–H groups in total. The third kappa shape index (κ3) is 4.21. The molecule has 0 fully saturated rings. The van der Waals surface area contributed by atoms with Gasteiger partial charge in [-0.2, -0.15) is 5.10 Å². The third-order valence-corrected chi connectivity index (χ3v) is 3.41. The van der Waals surface area contributed by atoms with E-state index in [1.54, 1.807) is 6.20 Å². The van der Waals surface area contributed by atoms with Crippen LogP contribution in [-0.2, 0) is 6.54 Å². The van der Waals surface area contributed by atoms with Gasteiger partial charge in [0.2, 0.25) is 0 Å². The van der Waals surface area contributed by atoms with Crippen molar-refractivity contribution in [3.8, 4) is 0 Å². The molecule has 0 saturated heterocycles. The van der Waals surface area contributed by atoms with Crippen LogP contribution in [0.5, 0.6) is 0 Å². The van der Waals surface area contributed by atoms with Crippen LogP contribution in [0.15, 0.2) is 11.0 Å². The quantitative estimate of drug-likeness (QED) is 0.839. The highest BCUT2D eigenvalue weighted by molar-refractivity contribution is 6.32. The number of halogens is 1. The van der Waals surface area contributed by atoms with Gasteiger partial charge < -0.3 is 10.4 Å². The van der Waals surface area contributed by atoms with Gasteiger partial charge in [0.1, 0.15) is 5.02 Å². The molecule has 0 aliphatic carbocycles. The van der Waals surface area contributed by atoms with Crippen molar-refractivity contribution in [1.29, 1.82) is 0 Å². The zero-order valence-electron chi connectivity index (χ0n) is 11.9. The number of aliphatic hydroxyl groups excluding tert-OH is 1. The molecule has 1 rings (SSSR count). The zero-order valence-corrected chi connectivity index (χ0v) is 12.6. The maximum absolute atomic E-state index is 12.0. The molecule has 0 bridgehead atoms. The second kappa shape index (κ2) is 6.91. The highest BCUT2D eigenvalue weighted by Crippen LogP contribution is 2.18. The van der Waals surface area contributed by atoms with Crippen molar-refractivity contribution in [2.45, 2.75) is 40.3 Å². The first-order valence-corrected chi connectivity index (χ1v) is 6.87. The molecule has 2 atom stereocenters. The van der Waals surface area contributed by atoms with E-state index >= 15 is 0 Å². The van der Waals surface area contributed by atoms with Gasteiger partial charge >= 0.3 is 0 Å². The van der Waals surface area contributed by atoms with E-state index in [1.165, 1.54) is 4.68 Å². The molecule has 0 saturated carbocycles. The van der Waals surface area contributed by atoms with Crippen LogP contribution < -0.4 is 10.9 Å². The Bertz CT molecular complexity index is 473. The first kappa shape index (κ1) is 16.0. The Balaban J connectivity index is 2.94. The average molecular weight is 288 g/mol. The van der Waals surface area contributed by atoms with Crippen molar-refractivity contribution < 1.29 is 5.11 Å². The van der Waals surface area contributed by atoms with Crippen LogP contribution in [0.2, 0.25) is 5.02 Å². The summed E-state index contributed by atoms with van der Waals surface area (Å²) in [5, 5.41) is 16.5. The molecule has 0 aliphatic rings. The van der Waals surface area contributed by atoms with E-state index in [4.69, 9.17) is 16.7 Å². The molecule has 1 heterocycles. The van der Waals surface area contributed by atoms with Crippen LogP contribution >= 0.6 is 11.6 Å². The van der Waals surface area contributed by atoms with Gasteiger partial charge in [0.05, 0.1) is 11.9 Å². The maximum atomic E-state index is 12.0. The number of hydrogen-bond acceptors (Lipinski definition) is 4. The van der Waals surface area contributed by atoms with E-state index in [0.717, 1.165) is 0 Å². The van der Waals surface area contributed by atoms with Crippen LogP contribution in [0, 0.1) is 11.8 Å². The smallest absolute Gasteiger partial charge is 0.287 e. The van der Waals surface area contributed by atoms with Gasteiger partial charge in [0.15, 0.2) is 0 Å². The molecule has 1 aromatic heterocycles. The Morgan fingerprint density at radius 2 is 2.05 bits per heavy atom. The van der Waals surface area contributed by atoms with Gasteiger partial charge in [-0.15, -0.1) is 0 Å². The van der Waals surface area contributed by atoms with Crippen molar-refractivity contribution >= 4 is 17.3 Å². The normalized spacial score (nSPS) is 14.5. The number of nitrogens with one attached hydrogen (secondary N) is 1. The number of aliphatic hydroxyl groups is 1. The summed E-state index contributed by atoms with van der Waals surface area (Å²) in [5.41, 5.74) is 0.226. The molecule has 0 aromatic carbocycles. The van der Waals surface area contributed by atoms with E-state index in [9.17, 15) is 4.79 Å². The van der Waals surface area contributed by atoms with Crippen molar-refractivity contribution in [2.75, 3.05) is 11.9 Å². The van der Waals surface area contributed by atoms with E-state index in [-0.39, 0.29) is 29.1 Å². The summed E-state index contributed by atoms with van der Waals surface area (Å²) in [7, 11) is 0. The highest BCUT2D eigenvalue weighted by Gasteiger charge is 2.15. The predicted octanol–water partition coefficient (Wildman–Crippen LogP) is 1.98. The van der Waals surface area contributed by atoms with Crippen molar-refractivity contribution in [3.63, 3.8) is 0 Å². The first-order chi connectivity index (χ1) is 8.86. The van der Waals surface area contributed by atoms with E-state index < -0.39 is 0 Å². The number of hydrogen-bond donors (Lipinski definition) is 2. The fraction of sp³-hybridized carbons (Fsp3) is 0.692. The summed E-state index contributed by atoms with van der Waals surface area (Å²) in [6.45, 7) is 8.49. The third-order valence-electron chi connectivity index (χ3n) is 3.05. The Hall–Kier alpha value is -1.07. The van der Waals surface area contributed by atoms with Gasteiger partial charge in [-0.05, 0) is 18.8 Å². The lowest BCUT2D eigenvalue weighted by Crippen LogP contribution is -2.30. The molecule has 0 radical (unpaired) electrons. The molecule has 5 nitrogen and oxygen atoms in total. The van der Waals surface area contributed by atoms with Crippen LogP contribution in [0.1, 0.15) is 27.7 Å². The molecular weight excluding hydrogens is 266 g/mol. The Labute approximate surface area is 118 Å². The molecule has 0 aliphatic heterocycles. The fourth-order valence-corrected chi connectivity index (χ4v) is 1.79. The lowest BCUT2D eigenvalue weighted by Gasteiger charge is -2.21. The molecule has 6 heteroatoms. The Kier molecular flexibility index (Phi) is 5.82. The van der Waals surface area contributed by atoms with Crippen LogP contribution in [0.3, 0.4) is 0 Å². The fourth-order valence-electron chi connectivity index (χ4n) is 1.59. The van der Waals surface area contributed by atoms with Crippen LogP contribution in [0.25, 0.3) is 0 Å². The lowest BCUT2D eigenvalue weighted by atomic mass is 10.1. The van der Waals surface area contributed by atoms with Crippen LogP contribution in [0.4, 0.5) is 5.69 Å². The summed E-state index contributed by atoms with van der Waals surface area (Å²) < 4.78 is 1.37. The summed E-state index contributed by atoms with van der Waals surface area (Å²) in [6, 6.07) is 0.00430. The minimum absolute atomic E-state index is 0.00430. The summed E-state index contributed by atoms with van der Waals surface area (Å²) >= 11 is 6.08. The SMILES string of the molecule is CC(C)Cn1ncc(NC(C)C(C)CO)c(Cl)c1=O. The molecule has 1 aromatic rings. The first-order valence-electron chi connectivity index (χ1n) is 6.49. The Morgan fingerprint density at radius 1 is 1.42 bits per heavy atom. The lowest BCUT2D eigenvalue weighted by molar-refractivity contribution is 0.226. The van der Waals surface area contributed by atoms with Crippen molar-refractivity contribution in [3.05, 3.63) is 21.6 Å². The molecule has 19 heavy (non-hydrogen) atoms.